The standard InChI is InChI=1S/C27H28N2O4/c1-17-19(3)32-24-16-25-23(15-22(17)24)18(2)21(27(31)33-25)9-10-26(30)29-13-11-28(12-14-29)20-7-5-4-6-8-20/h4-8,15-16H,9-14H2,1-3H3. The first-order valence-corrected chi connectivity index (χ1v) is 11.5. The Balaban J connectivity index is 1.31. The normalized spacial score (nSPS) is 14.4. The van der Waals surface area contributed by atoms with Crippen LogP contribution >= 0.6 is 0 Å². The number of anilines is 1. The van der Waals surface area contributed by atoms with E-state index in [1.807, 2.05) is 49.9 Å². The number of amides is 1. The Hall–Kier alpha value is -3.54. The molecule has 0 atom stereocenters. The molecule has 2 aromatic carbocycles. The molecule has 1 aliphatic heterocycles. The van der Waals surface area contributed by atoms with E-state index < -0.39 is 0 Å². The summed E-state index contributed by atoms with van der Waals surface area (Å²) >= 11 is 0. The molecule has 0 bridgehead atoms. The molecule has 1 aliphatic rings. The van der Waals surface area contributed by atoms with Gasteiger partial charge in [-0.05, 0) is 56.5 Å². The minimum Gasteiger partial charge on any atom is -0.461 e. The Morgan fingerprint density at radius 3 is 2.27 bits per heavy atom. The highest BCUT2D eigenvalue weighted by Gasteiger charge is 2.22. The van der Waals surface area contributed by atoms with Gasteiger partial charge in [-0.3, -0.25) is 4.79 Å². The number of carbonyl (C=O) groups is 1. The van der Waals surface area contributed by atoms with E-state index in [0.29, 0.717) is 37.1 Å². The molecular formula is C27H28N2O4. The lowest BCUT2D eigenvalue weighted by molar-refractivity contribution is -0.131. The molecule has 2 aromatic heterocycles. The summed E-state index contributed by atoms with van der Waals surface area (Å²) in [4.78, 5) is 29.8. The minimum absolute atomic E-state index is 0.0818. The van der Waals surface area contributed by atoms with Gasteiger partial charge in [0.25, 0.3) is 0 Å². The number of furan rings is 1. The summed E-state index contributed by atoms with van der Waals surface area (Å²) in [6.45, 7) is 8.90. The molecule has 6 nitrogen and oxygen atoms in total. The van der Waals surface area contributed by atoms with E-state index in [1.165, 1.54) is 5.69 Å². The van der Waals surface area contributed by atoms with Crippen molar-refractivity contribution in [2.24, 2.45) is 0 Å². The van der Waals surface area contributed by atoms with Gasteiger partial charge in [0.05, 0.1) is 0 Å². The zero-order valence-corrected chi connectivity index (χ0v) is 19.3. The Bertz CT molecular complexity index is 1390. The topological polar surface area (TPSA) is 66.9 Å². The molecule has 170 valence electrons. The summed E-state index contributed by atoms with van der Waals surface area (Å²) in [5.41, 5.74) is 4.60. The van der Waals surface area contributed by atoms with Crippen molar-refractivity contribution in [1.29, 1.82) is 0 Å². The summed E-state index contributed by atoms with van der Waals surface area (Å²) in [5.74, 6) is 0.942. The fourth-order valence-electron chi connectivity index (χ4n) is 4.76. The first-order chi connectivity index (χ1) is 15.9. The summed E-state index contributed by atoms with van der Waals surface area (Å²) in [6.07, 6.45) is 0.678. The number of rotatable bonds is 4. The average molecular weight is 445 g/mol. The molecule has 3 heterocycles. The number of aryl methyl sites for hydroxylation is 3. The van der Waals surface area contributed by atoms with Crippen LogP contribution in [0.2, 0.25) is 0 Å². The highest BCUT2D eigenvalue weighted by Crippen LogP contribution is 2.31. The predicted octanol–water partition coefficient (Wildman–Crippen LogP) is 4.75. The summed E-state index contributed by atoms with van der Waals surface area (Å²) in [5, 5.41) is 1.92. The second-order valence-electron chi connectivity index (χ2n) is 8.82. The Morgan fingerprint density at radius 1 is 0.879 bits per heavy atom. The van der Waals surface area contributed by atoms with E-state index in [9.17, 15) is 9.59 Å². The number of carbonyl (C=O) groups excluding carboxylic acids is 1. The maximum absolute atomic E-state index is 12.9. The maximum atomic E-state index is 12.9. The third-order valence-corrected chi connectivity index (χ3v) is 6.93. The number of hydrogen-bond acceptors (Lipinski definition) is 5. The molecule has 0 aliphatic carbocycles. The zero-order chi connectivity index (χ0) is 23.1. The predicted molar refractivity (Wildman–Crippen MR) is 130 cm³/mol. The van der Waals surface area contributed by atoms with Crippen molar-refractivity contribution in [3.05, 3.63) is 75.3 Å². The molecular weight excluding hydrogens is 416 g/mol. The van der Waals surface area contributed by atoms with Crippen LogP contribution in [0, 0.1) is 20.8 Å². The first kappa shape index (κ1) is 21.3. The zero-order valence-electron chi connectivity index (χ0n) is 19.3. The van der Waals surface area contributed by atoms with Gasteiger partial charge in [0.1, 0.15) is 16.9 Å². The SMILES string of the molecule is Cc1oc2cc3oc(=O)c(CCC(=O)N4CCN(c5ccccc5)CC4)c(C)c3cc2c1C. The van der Waals surface area contributed by atoms with E-state index in [-0.39, 0.29) is 11.5 Å². The highest BCUT2D eigenvalue weighted by molar-refractivity contribution is 5.96. The van der Waals surface area contributed by atoms with Gasteiger partial charge in [0.2, 0.25) is 5.91 Å². The highest BCUT2D eigenvalue weighted by atomic mass is 16.4. The van der Waals surface area contributed by atoms with Crippen LogP contribution in [0.3, 0.4) is 0 Å². The molecule has 1 fully saturated rings. The molecule has 0 radical (unpaired) electrons. The van der Waals surface area contributed by atoms with E-state index in [1.54, 1.807) is 6.07 Å². The quantitative estimate of drug-likeness (QED) is 0.425. The van der Waals surface area contributed by atoms with Crippen molar-refractivity contribution in [1.82, 2.24) is 4.90 Å². The first-order valence-electron chi connectivity index (χ1n) is 11.5. The lowest BCUT2D eigenvalue weighted by Gasteiger charge is -2.36. The molecule has 6 heteroatoms. The minimum atomic E-state index is -0.374. The van der Waals surface area contributed by atoms with Gasteiger partial charge in [0, 0.05) is 60.7 Å². The molecule has 0 saturated carbocycles. The van der Waals surface area contributed by atoms with Crippen LogP contribution in [0.15, 0.2) is 56.1 Å². The van der Waals surface area contributed by atoms with Crippen LogP contribution in [-0.2, 0) is 11.2 Å². The molecule has 0 spiro atoms. The average Bonchev–Trinajstić information content (AvgIpc) is 3.11. The maximum Gasteiger partial charge on any atom is 0.339 e. The Morgan fingerprint density at radius 2 is 1.55 bits per heavy atom. The van der Waals surface area contributed by atoms with E-state index in [4.69, 9.17) is 8.83 Å². The summed E-state index contributed by atoms with van der Waals surface area (Å²) in [7, 11) is 0. The molecule has 5 rings (SSSR count). The fraction of sp³-hybridized carbons (Fsp3) is 0.333. The third kappa shape index (κ3) is 3.90. The van der Waals surface area contributed by atoms with Crippen molar-refractivity contribution < 1.29 is 13.6 Å². The molecule has 33 heavy (non-hydrogen) atoms. The van der Waals surface area contributed by atoms with Crippen LogP contribution in [-0.4, -0.2) is 37.0 Å². The number of benzene rings is 2. The number of para-hydroxylation sites is 1. The molecule has 4 aromatic rings. The van der Waals surface area contributed by atoms with Crippen molar-refractivity contribution in [2.75, 3.05) is 31.1 Å². The van der Waals surface area contributed by atoms with Gasteiger partial charge in [-0.15, -0.1) is 0 Å². The number of nitrogens with zero attached hydrogens (tertiary/aromatic N) is 2. The van der Waals surface area contributed by atoms with Crippen LogP contribution < -0.4 is 10.5 Å². The van der Waals surface area contributed by atoms with Crippen LogP contribution in [0.1, 0.15) is 28.9 Å². The monoisotopic (exact) mass is 444 g/mol. The molecule has 0 unspecified atom stereocenters. The smallest absolute Gasteiger partial charge is 0.339 e. The van der Waals surface area contributed by atoms with Crippen molar-refractivity contribution >= 4 is 33.5 Å². The Kier molecular flexibility index (Phi) is 5.44. The van der Waals surface area contributed by atoms with Crippen LogP contribution in [0.4, 0.5) is 5.69 Å². The second kappa shape index (κ2) is 8.43. The van der Waals surface area contributed by atoms with Gasteiger partial charge >= 0.3 is 5.63 Å². The number of piperazine rings is 1. The second-order valence-corrected chi connectivity index (χ2v) is 8.82. The molecule has 0 N–H and O–H groups in total. The van der Waals surface area contributed by atoms with Crippen molar-refractivity contribution in [3.8, 4) is 0 Å². The lowest BCUT2D eigenvalue weighted by atomic mass is 10.00. The third-order valence-electron chi connectivity index (χ3n) is 6.93. The van der Waals surface area contributed by atoms with Crippen molar-refractivity contribution in [2.45, 2.75) is 33.6 Å². The number of hydrogen-bond donors (Lipinski definition) is 0. The van der Waals surface area contributed by atoms with Gasteiger partial charge in [0.15, 0.2) is 0 Å². The van der Waals surface area contributed by atoms with E-state index >= 15 is 0 Å². The fourth-order valence-corrected chi connectivity index (χ4v) is 4.76. The molecule has 1 amide bonds. The largest absolute Gasteiger partial charge is 0.461 e. The van der Waals surface area contributed by atoms with E-state index in [2.05, 4.69) is 17.0 Å². The summed E-state index contributed by atoms with van der Waals surface area (Å²) < 4.78 is 11.4. The van der Waals surface area contributed by atoms with Gasteiger partial charge in [-0.1, -0.05) is 18.2 Å². The van der Waals surface area contributed by atoms with Crippen molar-refractivity contribution in [3.63, 3.8) is 0 Å². The molecule has 1 saturated heterocycles. The van der Waals surface area contributed by atoms with Gasteiger partial charge in [-0.2, -0.15) is 0 Å². The summed E-state index contributed by atoms with van der Waals surface area (Å²) in [6, 6.07) is 14.1. The van der Waals surface area contributed by atoms with Crippen LogP contribution in [0.25, 0.3) is 21.9 Å². The number of fused-ring (bicyclic) bond motifs is 2. The lowest BCUT2D eigenvalue weighted by Crippen LogP contribution is -2.48. The van der Waals surface area contributed by atoms with Gasteiger partial charge < -0.3 is 18.6 Å². The van der Waals surface area contributed by atoms with Crippen LogP contribution in [0.5, 0.6) is 0 Å². The van der Waals surface area contributed by atoms with Gasteiger partial charge in [-0.25, -0.2) is 4.79 Å². The van der Waals surface area contributed by atoms with E-state index in [0.717, 1.165) is 46.3 Å². The Labute approximate surface area is 192 Å².